The minimum absolute atomic E-state index is 0.260. The van der Waals surface area contributed by atoms with Gasteiger partial charge >= 0.3 is 0 Å². The van der Waals surface area contributed by atoms with Crippen LogP contribution in [-0.2, 0) is 0 Å². The van der Waals surface area contributed by atoms with E-state index in [1.54, 1.807) is 49.9 Å². The smallest absolute Gasteiger partial charge is 0.278 e. The van der Waals surface area contributed by atoms with Crippen molar-refractivity contribution in [3.63, 3.8) is 0 Å². The van der Waals surface area contributed by atoms with Crippen LogP contribution in [0, 0.1) is 18.3 Å². The first-order valence-corrected chi connectivity index (χ1v) is 9.23. The van der Waals surface area contributed by atoms with Gasteiger partial charge < -0.3 is 4.90 Å². The minimum atomic E-state index is -0.260. The lowest BCUT2D eigenvalue weighted by molar-refractivity contribution is 0.0988. The Kier molecular flexibility index (Phi) is 4.75. The van der Waals surface area contributed by atoms with Crippen LogP contribution in [0.5, 0.6) is 0 Å². The number of aromatic nitrogens is 3. The number of nitriles is 1. The van der Waals surface area contributed by atoms with Crippen LogP contribution >= 0.6 is 11.6 Å². The van der Waals surface area contributed by atoms with Crippen LogP contribution in [0.4, 0.5) is 5.69 Å². The maximum Gasteiger partial charge on any atom is 0.278 e. The van der Waals surface area contributed by atoms with Gasteiger partial charge in [-0.1, -0.05) is 17.7 Å². The van der Waals surface area contributed by atoms with Crippen molar-refractivity contribution in [1.29, 1.82) is 5.26 Å². The fourth-order valence-electron chi connectivity index (χ4n) is 3.16. The van der Waals surface area contributed by atoms with Crippen molar-refractivity contribution >= 4 is 28.8 Å². The third kappa shape index (κ3) is 3.44. The molecule has 2 aromatic heterocycles. The summed E-state index contributed by atoms with van der Waals surface area (Å²) in [6.45, 7) is 1.98. The molecule has 6 nitrogen and oxygen atoms in total. The third-order valence-corrected chi connectivity index (χ3v) is 5.00. The molecule has 29 heavy (non-hydrogen) atoms. The molecular weight excluding hydrogens is 386 g/mol. The number of hydrogen-bond acceptors (Lipinski definition) is 4. The first-order valence-electron chi connectivity index (χ1n) is 8.86. The summed E-state index contributed by atoms with van der Waals surface area (Å²) in [4.78, 5) is 23.1. The number of rotatable bonds is 3. The van der Waals surface area contributed by atoms with Crippen LogP contribution in [-0.4, -0.2) is 27.3 Å². The fourth-order valence-corrected chi connectivity index (χ4v) is 3.39. The van der Waals surface area contributed by atoms with Gasteiger partial charge in [-0.3, -0.25) is 9.20 Å². The number of carbonyl (C=O) groups is 1. The second kappa shape index (κ2) is 7.38. The molecule has 0 fully saturated rings. The molecule has 0 atom stereocenters. The van der Waals surface area contributed by atoms with Crippen molar-refractivity contribution in [2.24, 2.45) is 0 Å². The molecule has 0 aliphatic heterocycles. The van der Waals surface area contributed by atoms with E-state index in [2.05, 4.69) is 16.0 Å². The second-order valence-corrected chi connectivity index (χ2v) is 7.06. The van der Waals surface area contributed by atoms with Gasteiger partial charge in [0.2, 0.25) is 0 Å². The lowest BCUT2D eigenvalue weighted by Gasteiger charge is -2.17. The van der Waals surface area contributed by atoms with Crippen LogP contribution in [0.15, 0.2) is 61.1 Å². The van der Waals surface area contributed by atoms with E-state index in [-0.39, 0.29) is 11.6 Å². The molecule has 0 N–H and O–H groups in total. The average molecular weight is 402 g/mol. The van der Waals surface area contributed by atoms with Gasteiger partial charge in [0.25, 0.3) is 5.91 Å². The highest BCUT2D eigenvalue weighted by molar-refractivity contribution is 6.30. The molecule has 7 heteroatoms. The summed E-state index contributed by atoms with van der Waals surface area (Å²) >= 11 is 6.08. The second-order valence-electron chi connectivity index (χ2n) is 6.63. The zero-order valence-electron chi connectivity index (χ0n) is 15.8. The molecule has 2 heterocycles. The Hall–Kier alpha value is -3.69. The van der Waals surface area contributed by atoms with Crippen molar-refractivity contribution in [1.82, 2.24) is 14.4 Å². The van der Waals surface area contributed by atoms with Crippen molar-refractivity contribution in [2.75, 3.05) is 11.9 Å². The standard InChI is InChI=1S/C22H16ClN5O/c1-14-9-16(23)5-8-18(14)20-11-26-21-12-25-19(13-28(20)21)22(29)27(2)17-6-3-15(10-24)4-7-17/h3-9,11-13H,1-2H3. The zero-order valence-corrected chi connectivity index (χ0v) is 16.6. The summed E-state index contributed by atoms with van der Waals surface area (Å²) in [6.07, 6.45) is 5.02. The Labute approximate surface area is 172 Å². The van der Waals surface area contributed by atoms with Crippen LogP contribution in [0.25, 0.3) is 16.9 Å². The minimum Gasteiger partial charge on any atom is -0.310 e. The summed E-state index contributed by atoms with van der Waals surface area (Å²) in [5.41, 5.74) is 4.99. The van der Waals surface area contributed by atoms with Crippen LogP contribution < -0.4 is 4.90 Å². The van der Waals surface area contributed by atoms with E-state index >= 15 is 0 Å². The Morgan fingerprint density at radius 3 is 2.59 bits per heavy atom. The molecular formula is C22H16ClN5O. The van der Waals surface area contributed by atoms with E-state index in [1.165, 1.54) is 4.90 Å². The normalized spacial score (nSPS) is 10.7. The number of aryl methyl sites for hydroxylation is 1. The number of halogens is 1. The Bertz CT molecular complexity index is 1270. The number of imidazole rings is 1. The van der Waals surface area contributed by atoms with Gasteiger partial charge in [-0.25, -0.2) is 9.97 Å². The number of carbonyl (C=O) groups excluding carboxylic acids is 1. The molecule has 2 aromatic carbocycles. The average Bonchev–Trinajstić information content (AvgIpc) is 3.16. The lowest BCUT2D eigenvalue weighted by Crippen LogP contribution is -2.27. The van der Waals surface area contributed by atoms with Crippen LogP contribution in [0.1, 0.15) is 21.6 Å². The highest BCUT2D eigenvalue weighted by Gasteiger charge is 2.17. The van der Waals surface area contributed by atoms with E-state index in [9.17, 15) is 4.79 Å². The van der Waals surface area contributed by atoms with Gasteiger partial charge in [-0.15, -0.1) is 0 Å². The predicted octanol–water partition coefficient (Wildman–Crippen LogP) is 4.51. The van der Waals surface area contributed by atoms with Gasteiger partial charge in [0.05, 0.1) is 29.7 Å². The Balaban J connectivity index is 1.73. The molecule has 1 amide bonds. The Morgan fingerprint density at radius 1 is 1.14 bits per heavy atom. The molecule has 142 valence electrons. The summed E-state index contributed by atoms with van der Waals surface area (Å²) in [7, 11) is 1.67. The molecule has 0 bridgehead atoms. The monoisotopic (exact) mass is 401 g/mol. The quantitative estimate of drug-likeness (QED) is 0.506. The molecule has 0 saturated heterocycles. The number of fused-ring (bicyclic) bond motifs is 1. The molecule has 0 aliphatic rings. The summed E-state index contributed by atoms with van der Waals surface area (Å²) in [6, 6.07) is 14.5. The maximum atomic E-state index is 13.0. The molecule has 4 rings (SSSR count). The van der Waals surface area contributed by atoms with E-state index in [0.29, 0.717) is 21.9 Å². The van der Waals surface area contributed by atoms with Crippen LogP contribution in [0.2, 0.25) is 5.02 Å². The maximum absolute atomic E-state index is 13.0. The predicted molar refractivity (Wildman–Crippen MR) is 112 cm³/mol. The molecule has 0 saturated carbocycles. The van der Waals surface area contributed by atoms with Gasteiger partial charge in [0.15, 0.2) is 5.65 Å². The molecule has 0 spiro atoms. The molecule has 4 aromatic rings. The van der Waals surface area contributed by atoms with Gasteiger partial charge in [0, 0.05) is 29.5 Å². The highest BCUT2D eigenvalue weighted by atomic mass is 35.5. The van der Waals surface area contributed by atoms with Gasteiger partial charge in [0.1, 0.15) is 5.69 Å². The number of benzene rings is 2. The summed E-state index contributed by atoms with van der Waals surface area (Å²) in [5.74, 6) is -0.260. The SMILES string of the molecule is Cc1cc(Cl)ccc1-c1cnc2cnc(C(=O)N(C)c3ccc(C#N)cc3)cn12. The van der Waals surface area contributed by atoms with Gasteiger partial charge in [-0.2, -0.15) is 5.26 Å². The Morgan fingerprint density at radius 2 is 1.90 bits per heavy atom. The lowest BCUT2D eigenvalue weighted by atomic mass is 10.1. The zero-order chi connectivity index (χ0) is 20.5. The third-order valence-electron chi connectivity index (χ3n) is 4.77. The number of nitrogens with zero attached hydrogens (tertiary/aromatic N) is 5. The summed E-state index contributed by atoms with van der Waals surface area (Å²) in [5, 5.41) is 9.60. The van der Waals surface area contributed by atoms with E-state index < -0.39 is 0 Å². The topological polar surface area (TPSA) is 74.3 Å². The molecule has 0 radical (unpaired) electrons. The van der Waals surface area contributed by atoms with E-state index in [1.807, 2.05) is 29.5 Å². The van der Waals surface area contributed by atoms with Crippen molar-refractivity contribution in [3.05, 3.63) is 82.9 Å². The first-order chi connectivity index (χ1) is 14.0. The van der Waals surface area contributed by atoms with Crippen molar-refractivity contribution in [3.8, 4) is 17.3 Å². The highest BCUT2D eigenvalue weighted by Crippen LogP contribution is 2.27. The van der Waals surface area contributed by atoms with E-state index in [0.717, 1.165) is 16.8 Å². The first kappa shape index (κ1) is 18.7. The number of amides is 1. The van der Waals surface area contributed by atoms with Gasteiger partial charge in [-0.05, 0) is 48.9 Å². The fraction of sp³-hybridized carbons (Fsp3) is 0.0909. The number of hydrogen-bond donors (Lipinski definition) is 0. The van der Waals surface area contributed by atoms with Crippen molar-refractivity contribution < 1.29 is 4.79 Å². The van der Waals surface area contributed by atoms with Crippen LogP contribution in [0.3, 0.4) is 0 Å². The summed E-state index contributed by atoms with van der Waals surface area (Å²) < 4.78 is 1.85. The molecule has 0 unspecified atom stereocenters. The van der Waals surface area contributed by atoms with Crippen molar-refractivity contribution in [2.45, 2.75) is 6.92 Å². The van der Waals surface area contributed by atoms with E-state index in [4.69, 9.17) is 16.9 Å². The molecule has 0 aliphatic carbocycles. The number of anilines is 1. The largest absolute Gasteiger partial charge is 0.310 e.